The van der Waals surface area contributed by atoms with E-state index >= 15 is 0 Å². The molecule has 18 heavy (non-hydrogen) atoms. The van der Waals surface area contributed by atoms with Crippen molar-refractivity contribution >= 4 is 0 Å². The Bertz CT molecular complexity index is 441. The predicted octanol–water partition coefficient (Wildman–Crippen LogP) is 3.79. The molecule has 2 rings (SSSR count). The van der Waals surface area contributed by atoms with Crippen LogP contribution in [0.25, 0.3) is 0 Å². The molecule has 0 fully saturated rings. The highest BCUT2D eigenvalue weighted by Gasteiger charge is 2.12. The molecule has 0 aliphatic heterocycles. The van der Waals surface area contributed by atoms with Crippen LogP contribution in [0.1, 0.15) is 30.6 Å². The Morgan fingerprint density at radius 2 is 1.78 bits per heavy atom. The summed E-state index contributed by atoms with van der Waals surface area (Å²) in [6.45, 7) is 2.92. The zero-order valence-electron chi connectivity index (χ0n) is 10.8. The average molecular weight is 241 g/mol. The van der Waals surface area contributed by atoms with Crippen molar-refractivity contribution in [2.75, 3.05) is 6.61 Å². The third-order valence-corrected chi connectivity index (χ3v) is 2.86. The number of ether oxygens (including phenoxy) is 1. The molecule has 2 nitrogen and oxygen atoms in total. The van der Waals surface area contributed by atoms with E-state index in [0.717, 1.165) is 19.4 Å². The van der Waals surface area contributed by atoms with Gasteiger partial charge in [0.05, 0.1) is 6.10 Å². The van der Waals surface area contributed by atoms with Crippen LogP contribution >= 0.6 is 0 Å². The third kappa shape index (κ3) is 3.67. The highest BCUT2D eigenvalue weighted by molar-refractivity contribution is 5.20. The lowest BCUT2D eigenvalue weighted by molar-refractivity contribution is 0.0532. The molecule has 2 heteroatoms. The van der Waals surface area contributed by atoms with Crippen molar-refractivity contribution in [1.82, 2.24) is 4.98 Å². The molecule has 0 amide bonds. The molecule has 0 N–H and O–H groups in total. The molecule has 0 saturated heterocycles. The average Bonchev–Trinajstić information content (AvgIpc) is 2.45. The Morgan fingerprint density at radius 1 is 1.06 bits per heavy atom. The minimum Gasteiger partial charge on any atom is -0.373 e. The standard InChI is InChI=1S/C16H19NO/c1-2-12-18-16(15-8-10-17-11-9-15)13-14-6-4-3-5-7-14/h3-11,16H,2,12-13H2,1H3. The van der Waals surface area contributed by atoms with Gasteiger partial charge in [0.25, 0.3) is 0 Å². The summed E-state index contributed by atoms with van der Waals surface area (Å²) in [6, 6.07) is 14.5. The number of hydrogen-bond acceptors (Lipinski definition) is 2. The first-order valence-electron chi connectivity index (χ1n) is 6.45. The first-order valence-corrected chi connectivity index (χ1v) is 6.45. The molecule has 1 aromatic carbocycles. The largest absolute Gasteiger partial charge is 0.373 e. The summed E-state index contributed by atoms with van der Waals surface area (Å²) in [5.41, 5.74) is 2.50. The second kappa shape index (κ2) is 6.92. The van der Waals surface area contributed by atoms with E-state index in [0.29, 0.717) is 0 Å². The molecular weight excluding hydrogens is 222 g/mol. The Hall–Kier alpha value is -1.67. The summed E-state index contributed by atoms with van der Waals surface area (Å²) < 4.78 is 5.95. The van der Waals surface area contributed by atoms with Crippen LogP contribution in [-0.4, -0.2) is 11.6 Å². The summed E-state index contributed by atoms with van der Waals surface area (Å²) in [7, 11) is 0. The minimum absolute atomic E-state index is 0.121. The summed E-state index contributed by atoms with van der Waals surface area (Å²) in [5, 5.41) is 0. The van der Waals surface area contributed by atoms with Gasteiger partial charge in [-0.15, -0.1) is 0 Å². The fourth-order valence-electron chi connectivity index (χ4n) is 1.94. The van der Waals surface area contributed by atoms with Crippen molar-refractivity contribution in [2.45, 2.75) is 25.9 Å². The van der Waals surface area contributed by atoms with Crippen LogP contribution < -0.4 is 0 Å². The van der Waals surface area contributed by atoms with Crippen LogP contribution in [0.5, 0.6) is 0 Å². The van der Waals surface area contributed by atoms with E-state index in [1.54, 1.807) is 0 Å². The van der Waals surface area contributed by atoms with Gasteiger partial charge >= 0.3 is 0 Å². The van der Waals surface area contributed by atoms with Crippen LogP contribution in [0, 0.1) is 0 Å². The van der Waals surface area contributed by atoms with Crippen molar-refractivity contribution < 1.29 is 4.74 Å². The van der Waals surface area contributed by atoms with Crippen molar-refractivity contribution in [2.24, 2.45) is 0 Å². The highest BCUT2D eigenvalue weighted by Crippen LogP contribution is 2.21. The molecule has 0 bridgehead atoms. The summed E-state index contributed by atoms with van der Waals surface area (Å²) in [5.74, 6) is 0. The van der Waals surface area contributed by atoms with E-state index < -0.39 is 0 Å². The molecule has 2 aromatic rings. The smallest absolute Gasteiger partial charge is 0.0866 e. The Labute approximate surface area is 109 Å². The van der Waals surface area contributed by atoms with Crippen LogP contribution in [0.15, 0.2) is 54.9 Å². The van der Waals surface area contributed by atoms with Crippen molar-refractivity contribution in [3.63, 3.8) is 0 Å². The van der Waals surface area contributed by atoms with E-state index in [1.807, 2.05) is 30.6 Å². The van der Waals surface area contributed by atoms with Crippen LogP contribution in [-0.2, 0) is 11.2 Å². The number of rotatable bonds is 6. The van der Waals surface area contributed by atoms with Gasteiger partial charge in [-0.25, -0.2) is 0 Å². The van der Waals surface area contributed by atoms with Gasteiger partial charge in [0.15, 0.2) is 0 Å². The van der Waals surface area contributed by atoms with Crippen molar-refractivity contribution in [1.29, 1.82) is 0 Å². The topological polar surface area (TPSA) is 22.1 Å². The molecule has 0 radical (unpaired) electrons. The van der Waals surface area contributed by atoms with Crippen molar-refractivity contribution in [3.8, 4) is 0 Å². The van der Waals surface area contributed by atoms with Crippen molar-refractivity contribution in [3.05, 3.63) is 66.0 Å². The Balaban J connectivity index is 2.10. The Kier molecular flexibility index (Phi) is 4.91. The molecular formula is C16H19NO. The molecule has 1 unspecified atom stereocenters. The van der Waals surface area contributed by atoms with Gasteiger partial charge in [-0.05, 0) is 29.7 Å². The fraction of sp³-hybridized carbons (Fsp3) is 0.312. The molecule has 0 aliphatic rings. The first kappa shape index (κ1) is 12.8. The lowest BCUT2D eigenvalue weighted by atomic mass is 10.0. The van der Waals surface area contributed by atoms with Gasteiger partial charge in [-0.3, -0.25) is 4.98 Å². The van der Waals surface area contributed by atoms with Crippen LogP contribution in [0.2, 0.25) is 0 Å². The van der Waals surface area contributed by atoms with Gasteiger partial charge in [-0.2, -0.15) is 0 Å². The highest BCUT2D eigenvalue weighted by atomic mass is 16.5. The SMILES string of the molecule is CCCOC(Cc1ccccc1)c1ccncc1. The summed E-state index contributed by atoms with van der Waals surface area (Å²) >= 11 is 0. The molecule has 0 spiro atoms. The summed E-state index contributed by atoms with van der Waals surface area (Å²) in [6.07, 6.45) is 5.71. The number of pyridine rings is 1. The second-order valence-electron chi connectivity index (χ2n) is 4.33. The summed E-state index contributed by atoms with van der Waals surface area (Å²) in [4.78, 5) is 4.06. The first-order chi connectivity index (χ1) is 8.90. The van der Waals surface area contributed by atoms with E-state index in [1.165, 1.54) is 11.1 Å². The van der Waals surface area contributed by atoms with E-state index in [-0.39, 0.29) is 6.10 Å². The normalized spacial score (nSPS) is 12.3. The van der Waals surface area contributed by atoms with Gasteiger partial charge in [-0.1, -0.05) is 37.3 Å². The molecule has 0 aliphatic carbocycles. The van der Waals surface area contributed by atoms with Crippen LogP contribution in [0.3, 0.4) is 0 Å². The van der Waals surface area contributed by atoms with Gasteiger partial charge in [0, 0.05) is 25.4 Å². The maximum atomic E-state index is 5.95. The number of nitrogens with zero attached hydrogens (tertiary/aromatic N) is 1. The van der Waals surface area contributed by atoms with E-state index in [2.05, 4.69) is 36.2 Å². The molecule has 1 aromatic heterocycles. The molecule has 0 saturated carbocycles. The van der Waals surface area contributed by atoms with Crippen LogP contribution in [0.4, 0.5) is 0 Å². The fourth-order valence-corrected chi connectivity index (χ4v) is 1.94. The van der Waals surface area contributed by atoms with Gasteiger partial charge in [0.1, 0.15) is 0 Å². The zero-order valence-corrected chi connectivity index (χ0v) is 10.8. The minimum atomic E-state index is 0.121. The maximum absolute atomic E-state index is 5.95. The lowest BCUT2D eigenvalue weighted by Gasteiger charge is -2.18. The molecule has 94 valence electrons. The molecule has 1 atom stereocenters. The van der Waals surface area contributed by atoms with E-state index in [9.17, 15) is 0 Å². The zero-order chi connectivity index (χ0) is 12.6. The molecule has 1 heterocycles. The number of benzene rings is 1. The predicted molar refractivity (Wildman–Crippen MR) is 73.4 cm³/mol. The van der Waals surface area contributed by atoms with Gasteiger partial charge in [0.2, 0.25) is 0 Å². The number of aromatic nitrogens is 1. The maximum Gasteiger partial charge on any atom is 0.0866 e. The third-order valence-electron chi connectivity index (χ3n) is 2.86. The Morgan fingerprint density at radius 3 is 2.44 bits per heavy atom. The monoisotopic (exact) mass is 241 g/mol. The number of hydrogen-bond donors (Lipinski definition) is 0. The second-order valence-corrected chi connectivity index (χ2v) is 4.33. The quantitative estimate of drug-likeness (QED) is 0.767. The lowest BCUT2D eigenvalue weighted by Crippen LogP contribution is -2.08. The van der Waals surface area contributed by atoms with Gasteiger partial charge < -0.3 is 4.74 Å². The van der Waals surface area contributed by atoms with E-state index in [4.69, 9.17) is 4.74 Å².